The largest absolute Gasteiger partial charge is 0.490 e. The third-order valence-corrected chi connectivity index (χ3v) is 3.32. The van der Waals surface area contributed by atoms with Gasteiger partial charge in [-0.3, -0.25) is 0 Å². The first-order valence-corrected chi connectivity index (χ1v) is 6.29. The van der Waals surface area contributed by atoms with Crippen LogP contribution in [0.15, 0.2) is 30.5 Å². The summed E-state index contributed by atoms with van der Waals surface area (Å²) in [6.07, 6.45) is 2.70. The summed E-state index contributed by atoms with van der Waals surface area (Å²) in [5, 5.41) is 9.45. The molecule has 0 spiro atoms. The number of halogens is 1. The second kappa shape index (κ2) is 6.12. The number of para-hydroxylation sites is 1. The molecule has 0 amide bonds. The molecule has 1 aromatic carbocycles. The Morgan fingerprint density at radius 3 is 3.00 bits per heavy atom. The van der Waals surface area contributed by atoms with Gasteiger partial charge in [0.25, 0.3) is 0 Å². The van der Waals surface area contributed by atoms with Crippen LogP contribution in [-0.2, 0) is 12.8 Å². The SMILES string of the molecule is N#CCc1cnc(CCOc2ccccc2F)s1. The monoisotopic (exact) mass is 262 g/mol. The summed E-state index contributed by atoms with van der Waals surface area (Å²) < 4.78 is 18.6. The van der Waals surface area contributed by atoms with Gasteiger partial charge in [-0.05, 0) is 12.1 Å². The summed E-state index contributed by atoms with van der Waals surface area (Å²) in [5.41, 5.74) is 0. The molecule has 0 unspecified atom stereocenters. The highest BCUT2D eigenvalue weighted by Gasteiger charge is 2.04. The molecule has 5 heteroatoms. The van der Waals surface area contributed by atoms with E-state index in [1.54, 1.807) is 24.4 Å². The quantitative estimate of drug-likeness (QED) is 0.832. The predicted molar refractivity (Wildman–Crippen MR) is 67.0 cm³/mol. The van der Waals surface area contributed by atoms with Gasteiger partial charge >= 0.3 is 0 Å². The standard InChI is InChI=1S/C13H11FN2OS/c14-11-3-1-2-4-12(11)17-8-6-13-16-9-10(18-13)5-7-15/h1-4,9H,5-6,8H2. The van der Waals surface area contributed by atoms with Crippen LogP contribution in [0.3, 0.4) is 0 Å². The minimum atomic E-state index is -0.359. The summed E-state index contributed by atoms with van der Waals surface area (Å²) in [5.74, 6) is -0.104. The molecule has 0 aliphatic rings. The van der Waals surface area contributed by atoms with E-state index in [-0.39, 0.29) is 11.6 Å². The van der Waals surface area contributed by atoms with Gasteiger partial charge in [-0.15, -0.1) is 11.3 Å². The van der Waals surface area contributed by atoms with Crippen LogP contribution in [0.2, 0.25) is 0 Å². The van der Waals surface area contributed by atoms with E-state index in [0.717, 1.165) is 9.88 Å². The van der Waals surface area contributed by atoms with E-state index in [1.165, 1.54) is 17.4 Å². The van der Waals surface area contributed by atoms with Gasteiger partial charge in [0.15, 0.2) is 11.6 Å². The first-order chi connectivity index (χ1) is 8.79. The van der Waals surface area contributed by atoms with Gasteiger partial charge < -0.3 is 4.74 Å². The number of aromatic nitrogens is 1. The van der Waals surface area contributed by atoms with Crippen molar-refractivity contribution >= 4 is 11.3 Å². The minimum absolute atomic E-state index is 0.256. The van der Waals surface area contributed by atoms with Gasteiger partial charge in [-0.2, -0.15) is 5.26 Å². The van der Waals surface area contributed by atoms with Gasteiger partial charge in [0.2, 0.25) is 0 Å². The van der Waals surface area contributed by atoms with E-state index in [1.807, 2.05) is 0 Å². The number of rotatable bonds is 5. The van der Waals surface area contributed by atoms with Crippen LogP contribution >= 0.6 is 11.3 Å². The zero-order valence-corrected chi connectivity index (χ0v) is 10.4. The normalized spacial score (nSPS) is 10.0. The second-order valence-electron chi connectivity index (χ2n) is 3.58. The van der Waals surface area contributed by atoms with Gasteiger partial charge in [0.05, 0.1) is 24.1 Å². The van der Waals surface area contributed by atoms with Crippen molar-refractivity contribution in [2.45, 2.75) is 12.8 Å². The Labute approximate surface area is 108 Å². The zero-order chi connectivity index (χ0) is 12.8. The Morgan fingerprint density at radius 1 is 1.39 bits per heavy atom. The van der Waals surface area contributed by atoms with E-state index in [9.17, 15) is 4.39 Å². The lowest BCUT2D eigenvalue weighted by Gasteiger charge is -2.05. The molecule has 0 atom stereocenters. The fraction of sp³-hybridized carbons (Fsp3) is 0.231. The zero-order valence-electron chi connectivity index (χ0n) is 9.60. The topological polar surface area (TPSA) is 45.9 Å². The fourth-order valence-corrected chi connectivity index (χ4v) is 2.27. The predicted octanol–water partition coefficient (Wildman–Crippen LogP) is 2.97. The smallest absolute Gasteiger partial charge is 0.165 e. The Balaban J connectivity index is 1.85. The molecule has 1 aromatic heterocycles. The summed E-state index contributed by atoms with van der Waals surface area (Å²) in [7, 11) is 0. The molecule has 2 aromatic rings. The van der Waals surface area contributed by atoms with E-state index < -0.39 is 0 Å². The first kappa shape index (κ1) is 12.5. The third kappa shape index (κ3) is 3.28. The second-order valence-corrected chi connectivity index (χ2v) is 4.78. The van der Waals surface area contributed by atoms with Crippen molar-refractivity contribution in [3.8, 4) is 11.8 Å². The van der Waals surface area contributed by atoms with Gasteiger partial charge in [0.1, 0.15) is 0 Å². The summed E-state index contributed by atoms with van der Waals surface area (Å²) >= 11 is 1.49. The molecular formula is C13H11FN2OS. The molecule has 0 fully saturated rings. The molecular weight excluding hydrogens is 251 g/mol. The maximum atomic E-state index is 13.2. The lowest BCUT2D eigenvalue weighted by molar-refractivity contribution is 0.305. The number of ether oxygens (including phenoxy) is 1. The third-order valence-electron chi connectivity index (χ3n) is 2.26. The van der Waals surface area contributed by atoms with Crippen LogP contribution in [0.1, 0.15) is 9.88 Å². The molecule has 0 radical (unpaired) electrons. The first-order valence-electron chi connectivity index (χ1n) is 5.47. The van der Waals surface area contributed by atoms with Crippen molar-refractivity contribution < 1.29 is 9.13 Å². The molecule has 0 saturated carbocycles. The van der Waals surface area contributed by atoms with Crippen molar-refractivity contribution in [2.75, 3.05) is 6.61 Å². The highest BCUT2D eigenvalue weighted by molar-refractivity contribution is 7.11. The van der Waals surface area contributed by atoms with E-state index in [2.05, 4.69) is 11.1 Å². The van der Waals surface area contributed by atoms with Crippen LogP contribution in [-0.4, -0.2) is 11.6 Å². The van der Waals surface area contributed by atoms with Crippen LogP contribution in [0.4, 0.5) is 4.39 Å². The summed E-state index contributed by atoms with van der Waals surface area (Å²) in [6, 6.07) is 8.39. The highest BCUT2D eigenvalue weighted by atomic mass is 32.1. The van der Waals surface area contributed by atoms with Gasteiger partial charge in [0, 0.05) is 17.5 Å². The molecule has 18 heavy (non-hydrogen) atoms. The Kier molecular flexibility index (Phi) is 4.26. The van der Waals surface area contributed by atoms with Crippen LogP contribution in [0.25, 0.3) is 0 Å². The van der Waals surface area contributed by atoms with Crippen LogP contribution in [0, 0.1) is 17.1 Å². The fourth-order valence-electron chi connectivity index (χ4n) is 1.43. The van der Waals surface area contributed by atoms with Crippen molar-refractivity contribution in [1.29, 1.82) is 5.26 Å². The van der Waals surface area contributed by atoms with E-state index in [4.69, 9.17) is 10.00 Å². The molecule has 0 N–H and O–H groups in total. The molecule has 1 heterocycles. The lowest BCUT2D eigenvalue weighted by atomic mass is 10.3. The average Bonchev–Trinajstić information content (AvgIpc) is 2.80. The number of hydrogen-bond donors (Lipinski definition) is 0. The van der Waals surface area contributed by atoms with Gasteiger partial charge in [-0.25, -0.2) is 9.37 Å². The molecule has 0 aliphatic carbocycles. The Bertz CT molecular complexity index is 562. The van der Waals surface area contributed by atoms with Crippen LogP contribution in [0.5, 0.6) is 5.75 Å². The molecule has 2 rings (SSSR count). The molecule has 0 saturated heterocycles. The molecule has 92 valence electrons. The average molecular weight is 262 g/mol. The summed E-state index contributed by atoms with van der Waals surface area (Å²) in [6.45, 7) is 0.375. The van der Waals surface area contributed by atoms with Gasteiger partial charge in [-0.1, -0.05) is 12.1 Å². The molecule has 3 nitrogen and oxygen atoms in total. The van der Waals surface area contributed by atoms with E-state index >= 15 is 0 Å². The number of nitriles is 1. The summed E-state index contributed by atoms with van der Waals surface area (Å²) in [4.78, 5) is 5.13. The number of thiazole rings is 1. The van der Waals surface area contributed by atoms with Crippen LogP contribution < -0.4 is 4.74 Å². The molecule has 0 aliphatic heterocycles. The highest BCUT2D eigenvalue weighted by Crippen LogP contribution is 2.17. The molecule has 0 bridgehead atoms. The minimum Gasteiger partial charge on any atom is -0.490 e. The van der Waals surface area contributed by atoms with Crippen molar-refractivity contribution in [3.05, 3.63) is 46.2 Å². The number of benzene rings is 1. The lowest BCUT2D eigenvalue weighted by Crippen LogP contribution is -2.02. The Morgan fingerprint density at radius 2 is 2.22 bits per heavy atom. The maximum Gasteiger partial charge on any atom is 0.165 e. The Hall–Kier alpha value is -1.93. The maximum absolute atomic E-state index is 13.2. The van der Waals surface area contributed by atoms with Crippen molar-refractivity contribution in [3.63, 3.8) is 0 Å². The number of nitrogens with zero attached hydrogens (tertiary/aromatic N) is 2. The van der Waals surface area contributed by atoms with Crippen molar-refractivity contribution in [1.82, 2.24) is 4.98 Å². The van der Waals surface area contributed by atoms with Crippen molar-refractivity contribution in [2.24, 2.45) is 0 Å². The number of hydrogen-bond acceptors (Lipinski definition) is 4. The van der Waals surface area contributed by atoms with E-state index in [0.29, 0.717) is 19.4 Å².